The Morgan fingerprint density at radius 3 is 2.47 bits per heavy atom. The van der Waals surface area contributed by atoms with Crippen LogP contribution in [0.25, 0.3) is 0 Å². The van der Waals surface area contributed by atoms with Gasteiger partial charge in [0.1, 0.15) is 0 Å². The Bertz CT molecular complexity index is 1210. The van der Waals surface area contributed by atoms with E-state index in [4.69, 9.17) is 4.74 Å². The van der Waals surface area contributed by atoms with Gasteiger partial charge in [-0.25, -0.2) is 4.79 Å². The van der Waals surface area contributed by atoms with E-state index in [9.17, 15) is 19.2 Å². The molecule has 0 fully saturated rings. The number of ether oxygens (including phenoxy) is 1. The van der Waals surface area contributed by atoms with E-state index in [0.717, 1.165) is 16.9 Å². The average molecular weight is 477 g/mol. The van der Waals surface area contributed by atoms with Crippen LogP contribution in [0.1, 0.15) is 67.3 Å². The number of esters is 1. The number of unbranched alkanes of at least 4 members (excludes halogenated alkanes) is 1. The van der Waals surface area contributed by atoms with Crippen molar-refractivity contribution in [3.8, 4) is 0 Å². The molecule has 0 spiro atoms. The van der Waals surface area contributed by atoms with Crippen molar-refractivity contribution in [2.75, 3.05) is 13.2 Å². The molecule has 0 saturated carbocycles. The van der Waals surface area contributed by atoms with E-state index in [2.05, 4.69) is 5.32 Å². The zero-order valence-corrected chi connectivity index (χ0v) is 19.5. The van der Waals surface area contributed by atoms with Crippen molar-refractivity contribution in [1.29, 1.82) is 0 Å². The van der Waals surface area contributed by atoms with Crippen LogP contribution in [0.2, 0.25) is 0 Å². The predicted octanol–water partition coefficient (Wildman–Crippen LogP) is 4.21. The molecule has 34 heavy (non-hydrogen) atoms. The summed E-state index contributed by atoms with van der Waals surface area (Å²) >= 11 is 1.52. The lowest BCUT2D eigenvalue weighted by molar-refractivity contribution is -0.124. The number of carbonyl (C=O) groups is 4. The Balaban J connectivity index is 1.40. The maximum absolute atomic E-state index is 12.6. The van der Waals surface area contributed by atoms with Gasteiger partial charge in [0.15, 0.2) is 6.61 Å². The third kappa shape index (κ3) is 4.92. The largest absolute Gasteiger partial charge is 0.452 e. The SMILES string of the molecule is CCCCN1C(=O)c2ccc(C(=O)OCC(=O)NC(c3ccccc3)c3cccs3)cc2C1=O. The first-order valence-electron chi connectivity index (χ1n) is 11.0. The molecule has 4 rings (SSSR count). The van der Waals surface area contributed by atoms with Crippen LogP contribution >= 0.6 is 11.3 Å². The average Bonchev–Trinajstić information content (AvgIpc) is 3.47. The van der Waals surface area contributed by atoms with Crippen molar-refractivity contribution in [2.45, 2.75) is 25.8 Å². The second-order valence-corrected chi connectivity index (χ2v) is 8.86. The molecule has 8 heteroatoms. The fourth-order valence-electron chi connectivity index (χ4n) is 3.77. The molecule has 1 atom stereocenters. The Morgan fingerprint density at radius 2 is 1.76 bits per heavy atom. The van der Waals surface area contributed by atoms with Gasteiger partial charge in [-0.05, 0) is 41.6 Å². The van der Waals surface area contributed by atoms with Crippen LogP contribution in [0.3, 0.4) is 0 Å². The number of nitrogens with one attached hydrogen (secondary N) is 1. The Morgan fingerprint density at radius 1 is 1.00 bits per heavy atom. The normalized spacial score (nSPS) is 13.5. The van der Waals surface area contributed by atoms with Crippen LogP contribution in [-0.2, 0) is 9.53 Å². The molecule has 1 N–H and O–H groups in total. The lowest BCUT2D eigenvalue weighted by Crippen LogP contribution is -2.32. The maximum Gasteiger partial charge on any atom is 0.338 e. The fourth-order valence-corrected chi connectivity index (χ4v) is 4.58. The third-order valence-corrected chi connectivity index (χ3v) is 6.48. The van der Waals surface area contributed by atoms with Crippen LogP contribution in [0, 0.1) is 0 Å². The zero-order valence-electron chi connectivity index (χ0n) is 18.7. The van der Waals surface area contributed by atoms with Crippen LogP contribution in [0.4, 0.5) is 0 Å². The smallest absolute Gasteiger partial charge is 0.338 e. The van der Waals surface area contributed by atoms with E-state index < -0.39 is 24.4 Å². The molecule has 1 aromatic heterocycles. The quantitative estimate of drug-likeness (QED) is 0.369. The zero-order chi connectivity index (χ0) is 24.1. The van der Waals surface area contributed by atoms with E-state index in [0.29, 0.717) is 13.0 Å². The Hall–Kier alpha value is -3.78. The summed E-state index contributed by atoms with van der Waals surface area (Å²) in [5, 5.41) is 4.84. The lowest BCUT2D eigenvalue weighted by Gasteiger charge is -2.18. The number of hydrogen-bond donors (Lipinski definition) is 1. The van der Waals surface area contributed by atoms with Gasteiger partial charge in [0, 0.05) is 11.4 Å². The summed E-state index contributed by atoms with van der Waals surface area (Å²) in [7, 11) is 0. The predicted molar refractivity (Wildman–Crippen MR) is 128 cm³/mol. The summed E-state index contributed by atoms with van der Waals surface area (Å²) in [5.41, 5.74) is 1.49. The molecule has 2 heterocycles. The summed E-state index contributed by atoms with van der Waals surface area (Å²) in [5.74, 6) is -1.96. The highest BCUT2D eigenvalue weighted by atomic mass is 32.1. The molecule has 1 unspecified atom stereocenters. The molecule has 7 nitrogen and oxygen atoms in total. The van der Waals surface area contributed by atoms with Crippen molar-refractivity contribution in [1.82, 2.24) is 10.2 Å². The van der Waals surface area contributed by atoms with Crippen molar-refractivity contribution in [3.63, 3.8) is 0 Å². The van der Waals surface area contributed by atoms with Gasteiger partial charge in [0.05, 0.1) is 22.7 Å². The van der Waals surface area contributed by atoms with E-state index in [-0.39, 0.29) is 28.6 Å². The molecule has 3 aromatic rings. The fraction of sp³-hybridized carbons (Fsp3) is 0.231. The van der Waals surface area contributed by atoms with Gasteiger partial charge in [0.2, 0.25) is 0 Å². The highest BCUT2D eigenvalue weighted by Crippen LogP contribution is 2.26. The number of thiophene rings is 1. The molecular weight excluding hydrogens is 452 g/mol. The number of amides is 3. The molecule has 174 valence electrons. The number of hydrogen-bond acceptors (Lipinski definition) is 6. The molecule has 3 amide bonds. The summed E-state index contributed by atoms with van der Waals surface area (Å²) < 4.78 is 5.20. The molecule has 0 radical (unpaired) electrons. The summed E-state index contributed by atoms with van der Waals surface area (Å²) in [6, 6.07) is 17.3. The monoisotopic (exact) mass is 476 g/mol. The van der Waals surface area contributed by atoms with Crippen molar-refractivity contribution >= 4 is 35.0 Å². The van der Waals surface area contributed by atoms with E-state index in [1.165, 1.54) is 34.4 Å². The second-order valence-electron chi connectivity index (χ2n) is 7.88. The van der Waals surface area contributed by atoms with E-state index in [1.54, 1.807) is 0 Å². The first kappa shape index (κ1) is 23.4. The molecule has 0 saturated heterocycles. The van der Waals surface area contributed by atoms with Gasteiger partial charge in [-0.3, -0.25) is 19.3 Å². The van der Waals surface area contributed by atoms with E-state index >= 15 is 0 Å². The van der Waals surface area contributed by atoms with Crippen molar-refractivity contribution in [3.05, 3.63) is 93.2 Å². The topological polar surface area (TPSA) is 92.8 Å². The van der Waals surface area contributed by atoms with Gasteiger partial charge in [-0.2, -0.15) is 0 Å². The molecule has 2 aromatic carbocycles. The molecule has 1 aliphatic rings. The van der Waals surface area contributed by atoms with Crippen molar-refractivity contribution in [2.24, 2.45) is 0 Å². The number of fused-ring (bicyclic) bond motifs is 1. The standard InChI is InChI=1S/C26H24N2O5S/c1-2-3-13-28-24(30)19-12-11-18(15-20(19)25(28)31)26(32)33-16-22(29)27-23(21-10-7-14-34-21)17-8-5-4-6-9-17/h4-12,14-15,23H,2-3,13,16H2,1H3,(H,27,29). The minimum absolute atomic E-state index is 0.114. The number of nitrogens with zero attached hydrogens (tertiary/aromatic N) is 1. The first-order chi connectivity index (χ1) is 16.5. The van der Waals surface area contributed by atoms with Crippen molar-refractivity contribution < 1.29 is 23.9 Å². The van der Waals surface area contributed by atoms with Gasteiger partial charge in [-0.1, -0.05) is 49.7 Å². The van der Waals surface area contributed by atoms with Gasteiger partial charge >= 0.3 is 5.97 Å². The summed E-state index contributed by atoms with van der Waals surface area (Å²) in [4.78, 5) is 52.4. The van der Waals surface area contributed by atoms with E-state index in [1.807, 2.05) is 54.8 Å². The van der Waals surface area contributed by atoms with Crippen LogP contribution in [-0.4, -0.2) is 41.7 Å². The summed E-state index contributed by atoms with van der Waals surface area (Å²) in [6.07, 6.45) is 1.57. The highest BCUT2D eigenvalue weighted by molar-refractivity contribution is 7.10. The molecular formula is C26H24N2O5S. The van der Waals surface area contributed by atoms with Gasteiger partial charge < -0.3 is 10.1 Å². The van der Waals surface area contributed by atoms with Crippen LogP contribution in [0.15, 0.2) is 66.0 Å². The Labute approximate surface area is 201 Å². The maximum atomic E-state index is 12.6. The molecule has 0 aliphatic carbocycles. The minimum atomic E-state index is -0.738. The third-order valence-electron chi connectivity index (χ3n) is 5.54. The second kappa shape index (κ2) is 10.4. The van der Waals surface area contributed by atoms with Crippen LogP contribution < -0.4 is 5.32 Å². The van der Waals surface area contributed by atoms with Gasteiger partial charge in [0.25, 0.3) is 17.7 Å². The first-order valence-corrected chi connectivity index (χ1v) is 11.9. The number of rotatable bonds is 9. The number of benzene rings is 2. The highest BCUT2D eigenvalue weighted by Gasteiger charge is 2.35. The lowest BCUT2D eigenvalue weighted by atomic mass is 10.1. The van der Waals surface area contributed by atoms with Crippen LogP contribution in [0.5, 0.6) is 0 Å². The summed E-state index contributed by atoms with van der Waals surface area (Å²) in [6.45, 7) is 1.85. The van der Waals surface area contributed by atoms with Gasteiger partial charge in [-0.15, -0.1) is 11.3 Å². The Kier molecular flexibility index (Phi) is 7.18. The minimum Gasteiger partial charge on any atom is -0.452 e. The molecule has 1 aliphatic heterocycles. The molecule has 0 bridgehead atoms. The number of carbonyl (C=O) groups excluding carboxylic acids is 4. The number of imide groups is 1.